The highest BCUT2D eigenvalue weighted by atomic mass is 19.1. The standard InChI is InChI=1S/C18H28FNO/c1-12(2)11-21-17-10-16(18(17,4)5)20-13(3)14-7-6-8-15(19)9-14/h6-9,12-13,16-17,20H,10-11H2,1-5H3/t13-,16?,17?/m0/s1. The Balaban J connectivity index is 1.90. The van der Waals surface area contributed by atoms with Crippen LogP contribution in [0.2, 0.25) is 0 Å². The van der Waals surface area contributed by atoms with Crippen molar-refractivity contribution >= 4 is 0 Å². The van der Waals surface area contributed by atoms with Crippen molar-refractivity contribution in [3.8, 4) is 0 Å². The molecule has 118 valence electrons. The van der Waals surface area contributed by atoms with Crippen LogP contribution in [0.5, 0.6) is 0 Å². The van der Waals surface area contributed by atoms with Gasteiger partial charge in [0.2, 0.25) is 0 Å². The molecule has 21 heavy (non-hydrogen) atoms. The average molecular weight is 293 g/mol. The zero-order chi connectivity index (χ0) is 15.6. The van der Waals surface area contributed by atoms with Crippen LogP contribution >= 0.6 is 0 Å². The molecule has 0 spiro atoms. The van der Waals surface area contributed by atoms with Gasteiger partial charge in [0, 0.05) is 24.1 Å². The summed E-state index contributed by atoms with van der Waals surface area (Å²) in [4.78, 5) is 0. The molecule has 1 fully saturated rings. The summed E-state index contributed by atoms with van der Waals surface area (Å²) in [6.07, 6.45) is 1.34. The Bertz CT molecular complexity index is 472. The van der Waals surface area contributed by atoms with Crippen molar-refractivity contribution in [1.29, 1.82) is 0 Å². The van der Waals surface area contributed by atoms with Gasteiger partial charge in [0.25, 0.3) is 0 Å². The van der Waals surface area contributed by atoms with Crippen LogP contribution in [0.15, 0.2) is 24.3 Å². The fourth-order valence-corrected chi connectivity index (χ4v) is 2.93. The fraction of sp³-hybridized carbons (Fsp3) is 0.667. The topological polar surface area (TPSA) is 21.3 Å². The van der Waals surface area contributed by atoms with Crippen LogP contribution in [0.3, 0.4) is 0 Å². The van der Waals surface area contributed by atoms with Crippen LogP contribution in [-0.2, 0) is 4.74 Å². The molecule has 2 nitrogen and oxygen atoms in total. The smallest absolute Gasteiger partial charge is 0.123 e. The molecule has 1 saturated carbocycles. The van der Waals surface area contributed by atoms with Gasteiger partial charge in [-0.05, 0) is 37.0 Å². The molecule has 0 heterocycles. The van der Waals surface area contributed by atoms with Crippen LogP contribution in [0.1, 0.15) is 52.6 Å². The molecule has 1 aliphatic carbocycles. The molecule has 1 aromatic rings. The Morgan fingerprint density at radius 3 is 2.62 bits per heavy atom. The Morgan fingerprint density at radius 2 is 2.05 bits per heavy atom. The van der Waals surface area contributed by atoms with Crippen LogP contribution < -0.4 is 5.32 Å². The lowest BCUT2D eigenvalue weighted by molar-refractivity contribution is -0.125. The number of ether oxygens (including phenoxy) is 1. The highest BCUT2D eigenvalue weighted by molar-refractivity contribution is 5.20. The molecule has 0 amide bonds. The molecule has 0 saturated heterocycles. The number of nitrogens with one attached hydrogen (secondary N) is 1. The predicted molar refractivity (Wildman–Crippen MR) is 84.7 cm³/mol. The first-order valence-corrected chi connectivity index (χ1v) is 7.93. The summed E-state index contributed by atoms with van der Waals surface area (Å²) in [6, 6.07) is 7.39. The summed E-state index contributed by atoms with van der Waals surface area (Å²) in [7, 11) is 0. The molecule has 3 heteroatoms. The molecule has 2 rings (SSSR count). The predicted octanol–water partition coefficient (Wildman–Crippen LogP) is 4.32. The van der Waals surface area contributed by atoms with E-state index in [2.05, 4.69) is 39.9 Å². The second-order valence-corrected chi connectivity index (χ2v) is 7.27. The van der Waals surface area contributed by atoms with Gasteiger partial charge < -0.3 is 10.1 Å². The van der Waals surface area contributed by atoms with Crippen LogP contribution in [0.25, 0.3) is 0 Å². The van der Waals surface area contributed by atoms with Gasteiger partial charge in [0.1, 0.15) is 5.82 Å². The maximum atomic E-state index is 13.3. The number of rotatable bonds is 6. The first kappa shape index (κ1) is 16.4. The van der Waals surface area contributed by atoms with E-state index in [4.69, 9.17) is 4.74 Å². The lowest BCUT2D eigenvalue weighted by atomic mass is 9.64. The van der Waals surface area contributed by atoms with Crippen LogP contribution in [0.4, 0.5) is 4.39 Å². The quantitative estimate of drug-likeness (QED) is 0.843. The third-order valence-electron chi connectivity index (χ3n) is 4.61. The minimum atomic E-state index is -0.174. The summed E-state index contributed by atoms with van der Waals surface area (Å²) in [6.45, 7) is 11.8. The molecule has 0 aromatic heterocycles. The summed E-state index contributed by atoms with van der Waals surface area (Å²) < 4.78 is 19.3. The Hall–Kier alpha value is -0.930. The minimum Gasteiger partial charge on any atom is -0.377 e. The maximum absolute atomic E-state index is 13.3. The monoisotopic (exact) mass is 293 g/mol. The summed E-state index contributed by atoms with van der Waals surface area (Å²) in [5.74, 6) is 0.395. The molecule has 1 N–H and O–H groups in total. The zero-order valence-corrected chi connectivity index (χ0v) is 13.8. The Labute approximate surface area is 128 Å². The van der Waals surface area contributed by atoms with E-state index in [0.29, 0.717) is 18.1 Å². The van der Waals surface area contributed by atoms with E-state index in [0.717, 1.165) is 18.6 Å². The molecule has 0 aliphatic heterocycles. The lowest BCUT2D eigenvalue weighted by Gasteiger charge is -2.53. The lowest BCUT2D eigenvalue weighted by Crippen LogP contribution is -2.61. The molecule has 1 aromatic carbocycles. The van der Waals surface area contributed by atoms with Gasteiger partial charge in [-0.3, -0.25) is 0 Å². The SMILES string of the molecule is CC(C)COC1CC(N[C@@H](C)c2cccc(F)c2)C1(C)C. The van der Waals surface area contributed by atoms with E-state index in [9.17, 15) is 4.39 Å². The number of hydrogen-bond donors (Lipinski definition) is 1. The molecule has 3 atom stereocenters. The molecule has 0 bridgehead atoms. The Kier molecular flexibility index (Phi) is 5.05. The van der Waals surface area contributed by atoms with Crippen molar-refractivity contribution in [3.63, 3.8) is 0 Å². The van der Waals surface area contributed by atoms with Gasteiger partial charge in [0.05, 0.1) is 6.10 Å². The second-order valence-electron chi connectivity index (χ2n) is 7.27. The highest BCUT2D eigenvalue weighted by Crippen LogP contribution is 2.43. The summed E-state index contributed by atoms with van der Waals surface area (Å²) in [5, 5.41) is 3.62. The van der Waals surface area contributed by atoms with E-state index < -0.39 is 0 Å². The normalized spacial score (nSPS) is 25.7. The van der Waals surface area contributed by atoms with Gasteiger partial charge in [-0.25, -0.2) is 4.39 Å². The molecule has 1 aliphatic rings. The van der Waals surface area contributed by atoms with Crippen molar-refractivity contribution in [1.82, 2.24) is 5.32 Å². The van der Waals surface area contributed by atoms with Gasteiger partial charge in [-0.1, -0.05) is 39.8 Å². The van der Waals surface area contributed by atoms with Crippen molar-refractivity contribution in [2.75, 3.05) is 6.61 Å². The zero-order valence-electron chi connectivity index (χ0n) is 13.8. The van der Waals surface area contributed by atoms with E-state index in [-0.39, 0.29) is 17.3 Å². The molecule has 0 radical (unpaired) electrons. The third-order valence-corrected chi connectivity index (χ3v) is 4.61. The van der Waals surface area contributed by atoms with Crippen molar-refractivity contribution in [2.24, 2.45) is 11.3 Å². The Morgan fingerprint density at radius 1 is 1.33 bits per heavy atom. The van der Waals surface area contributed by atoms with E-state index in [1.165, 1.54) is 6.07 Å². The van der Waals surface area contributed by atoms with Crippen molar-refractivity contribution in [3.05, 3.63) is 35.6 Å². The van der Waals surface area contributed by atoms with E-state index in [1.807, 2.05) is 6.07 Å². The third kappa shape index (κ3) is 3.83. The number of benzene rings is 1. The van der Waals surface area contributed by atoms with Gasteiger partial charge >= 0.3 is 0 Å². The average Bonchev–Trinajstić information content (AvgIpc) is 2.41. The van der Waals surface area contributed by atoms with Gasteiger partial charge in [-0.2, -0.15) is 0 Å². The van der Waals surface area contributed by atoms with Crippen molar-refractivity contribution in [2.45, 2.75) is 59.2 Å². The maximum Gasteiger partial charge on any atom is 0.123 e. The first-order valence-electron chi connectivity index (χ1n) is 7.93. The summed E-state index contributed by atoms with van der Waals surface area (Å²) >= 11 is 0. The molecule has 2 unspecified atom stereocenters. The minimum absolute atomic E-state index is 0.122. The first-order chi connectivity index (χ1) is 9.80. The molecular weight excluding hydrogens is 265 g/mol. The van der Waals surface area contributed by atoms with Crippen LogP contribution in [-0.4, -0.2) is 18.8 Å². The van der Waals surface area contributed by atoms with E-state index >= 15 is 0 Å². The van der Waals surface area contributed by atoms with E-state index in [1.54, 1.807) is 12.1 Å². The molecular formula is C18H28FNO. The van der Waals surface area contributed by atoms with Gasteiger partial charge in [-0.15, -0.1) is 0 Å². The summed E-state index contributed by atoms with van der Waals surface area (Å²) in [5.41, 5.74) is 1.12. The second kappa shape index (κ2) is 6.45. The van der Waals surface area contributed by atoms with Crippen molar-refractivity contribution < 1.29 is 9.13 Å². The highest BCUT2D eigenvalue weighted by Gasteiger charge is 2.49. The fourth-order valence-electron chi connectivity index (χ4n) is 2.93. The number of hydrogen-bond acceptors (Lipinski definition) is 2. The van der Waals surface area contributed by atoms with Crippen LogP contribution in [0, 0.1) is 17.2 Å². The largest absolute Gasteiger partial charge is 0.377 e. The number of halogens is 1. The van der Waals surface area contributed by atoms with Gasteiger partial charge in [0.15, 0.2) is 0 Å².